The van der Waals surface area contributed by atoms with Crippen LogP contribution in [0.4, 0.5) is 5.69 Å². The normalized spacial score (nSPS) is 25.9. The molecule has 134 valence electrons. The van der Waals surface area contributed by atoms with Crippen molar-refractivity contribution >= 4 is 17.6 Å². The predicted molar refractivity (Wildman–Crippen MR) is 95.1 cm³/mol. The number of fused-ring (bicyclic) bond motifs is 1. The van der Waals surface area contributed by atoms with E-state index in [-0.39, 0.29) is 11.9 Å². The standard InChI is InChI=1S/C19H25N3O3/c1-24-17-9-7-14(8-10-17)20-19-22-12-18(23)21(11-16(22)13-25-19)15-5-3-2-4-6-15/h7-10,15-16H,2-6,11-13H2,1H3. The van der Waals surface area contributed by atoms with Crippen molar-refractivity contribution in [1.82, 2.24) is 9.80 Å². The van der Waals surface area contributed by atoms with Gasteiger partial charge >= 0.3 is 0 Å². The van der Waals surface area contributed by atoms with Crippen LogP contribution >= 0.6 is 0 Å². The summed E-state index contributed by atoms with van der Waals surface area (Å²) in [5, 5.41) is 0. The van der Waals surface area contributed by atoms with Crippen LogP contribution in [0.1, 0.15) is 32.1 Å². The van der Waals surface area contributed by atoms with Crippen molar-refractivity contribution in [2.45, 2.75) is 44.2 Å². The Kier molecular flexibility index (Phi) is 4.51. The average Bonchev–Trinajstić information content (AvgIpc) is 3.04. The van der Waals surface area contributed by atoms with E-state index in [1.165, 1.54) is 19.3 Å². The molecule has 6 heteroatoms. The second-order valence-corrected chi connectivity index (χ2v) is 7.02. The van der Waals surface area contributed by atoms with Crippen molar-refractivity contribution in [3.63, 3.8) is 0 Å². The lowest BCUT2D eigenvalue weighted by Gasteiger charge is -2.41. The van der Waals surface area contributed by atoms with Crippen LogP contribution in [0.25, 0.3) is 0 Å². The molecule has 1 unspecified atom stereocenters. The van der Waals surface area contributed by atoms with Crippen LogP contribution in [-0.2, 0) is 9.53 Å². The molecular weight excluding hydrogens is 318 g/mol. The first-order valence-corrected chi connectivity index (χ1v) is 9.16. The van der Waals surface area contributed by atoms with E-state index in [0.29, 0.717) is 25.2 Å². The monoisotopic (exact) mass is 343 g/mol. The number of ether oxygens (including phenoxy) is 2. The van der Waals surface area contributed by atoms with Gasteiger partial charge in [0, 0.05) is 12.6 Å². The molecule has 1 aromatic carbocycles. The van der Waals surface area contributed by atoms with Gasteiger partial charge in [-0.3, -0.25) is 4.79 Å². The van der Waals surface area contributed by atoms with E-state index in [9.17, 15) is 4.79 Å². The lowest BCUT2D eigenvalue weighted by molar-refractivity contribution is -0.139. The number of carbonyl (C=O) groups excluding carboxylic acids is 1. The maximum absolute atomic E-state index is 12.7. The quantitative estimate of drug-likeness (QED) is 0.846. The highest BCUT2D eigenvalue weighted by molar-refractivity contribution is 5.88. The number of carbonyl (C=O) groups is 1. The molecule has 2 saturated heterocycles. The minimum Gasteiger partial charge on any atom is -0.497 e. The molecular formula is C19H25N3O3. The molecule has 3 aliphatic rings. The van der Waals surface area contributed by atoms with Crippen LogP contribution in [-0.4, -0.2) is 60.6 Å². The Morgan fingerprint density at radius 2 is 1.84 bits per heavy atom. The molecule has 0 N–H and O–H groups in total. The molecule has 6 nitrogen and oxygen atoms in total. The number of hydrogen-bond donors (Lipinski definition) is 0. The fraction of sp³-hybridized carbons (Fsp3) is 0.579. The van der Waals surface area contributed by atoms with Crippen molar-refractivity contribution in [1.29, 1.82) is 0 Å². The van der Waals surface area contributed by atoms with Crippen LogP contribution in [0, 0.1) is 0 Å². The van der Waals surface area contributed by atoms with Crippen molar-refractivity contribution in [2.24, 2.45) is 4.99 Å². The van der Waals surface area contributed by atoms with E-state index in [4.69, 9.17) is 9.47 Å². The molecule has 1 aliphatic carbocycles. The van der Waals surface area contributed by atoms with E-state index >= 15 is 0 Å². The SMILES string of the molecule is COc1ccc(N=C2OCC3CN(C4CCCCC4)C(=O)CN23)cc1. The Bertz CT molecular complexity index is 652. The third-order valence-electron chi connectivity index (χ3n) is 5.44. The maximum atomic E-state index is 12.7. The molecule has 4 rings (SSSR count). The van der Waals surface area contributed by atoms with Gasteiger partial charge in [-0.25, -0.2) is 0 Å². The summed E-state index contributed by atoms with van der Waals surface area (Å²) in [4.78, 5) is 21.4. The minimum atomic E-state index is 0.205. The molecule has 0 radical (unpaired) electrons. The molecule has 1 saturated carbocycles. The topological polar surface area (TPSA) is 54.4 Å². The van der Waals surface area contributed by atoms with Crippen LogP contribution in [0.5, 0.6) is 5.75 Å². The summed E-state index contributed by atoms with van der Waals surface area (Å²) < 4.78 is 11.0. The number of methoxy groups -OCH3 is 1. The number of piperazine rings is 1. The van der Waals surface area contributed by atoms with Crippen molar-refractivity contribution in [3.8, 4) is 5.75 Å². The summed E-state index contributed by atoms with van der Waals surface area (Å²) in [6.45, 7) is 1.73. The first-order chi connectivity index (χ1) is 12.2. The summed E-state index contributed by atoms with van der Waals surface area (Å²) in [6, 6.07) is 8.73. The Morgan fingerprint density at radius 3 is 2.56 bits per heavy atom. The van der Waals surface area contributed by atoms with E-state index in [0.717, 1.165) is 30.8 Å². The zero-order chi connectivity index (χ0) is 17.2. The van der Waals surface area contributed by atoms with Gasteiger partial charge < -0.3 is 19.3 Å². The number of hydrogen-bond acceptors (Lipinski definition) is 4. The lowest BCUT2D eigenvalue weighted by atomic mass is 9.93. The van der Waals surface area contributed by atoms with Crippen LogP contribution < -0.4 is 4.74 Å². The lowest BCUT2D eigenvalue weighted by Crippen LogP contribution is -2.58. The molecule has 1 aromatic rings. The van der Waals surface area contributed by atoms with E-state index in [1.54, 1.807) is 7.11 Å². The number of aliphatic imine (C=N–C) groups is 1. The molecule has 0 bridgehead atoms. The number of nitrogens with zero attached hydrogens (tertiary/aromatic N) is 3. The number of amidine groups is 1. The number of amides is 1. The van der Waals surface area contributed by atoms with Gasteiger partial charge in [0.05, 0.1) is 18.8 Å². The van der Waals surface area contributed by atoms with Crippen molar-refractivity contribution in [3.05, 3.63) is 24.3 Å². The van der Waals surface area contributed by atoms with Gasteiger partial charge in [-0.15, -0.1) is 0 Å². The molecule has 2 heterocycles. The largest absolute Gasteiger partial charge is 0.497 e. The zero-order valence-corrected chi connectivity index (χ0v) is 14.7. The van der Waals surface area contributed by atoms with Gasteiger partial charge in [0.15, 0.2) is 0 Å². The van der Waals surface area contributed by atoms with Crippen molar-refractivity contribution in [2.75, 3.05) is 26.8 Å². The summed E-state index contributed by atoms with van der Waals surface area (Å²) in [7, 11) is 1.64. The molecule has 3 fully saturated rings. The first kappa shape index (κ1) is 16.2. The number of rotatable bonds is 3. The van der Waals surface area contributed by atoms with Crippen molar-refractivity contribution < 1.29 is 14.3 Å². The summed E-state index contributed by atoms with van der Waals surface area (Å²) >= 11 is 0. The molecule has 1 atom stereocenters. The Hall–Kier alpha value is -2.24. The highest BCUT2D eigenvalue weighted by Crippen LogP contribution is 2.28. The third-order valence-corrected chi connectivity index (χ3v) is 5.44. The van der Waals surface area contributed by atoms with Crippen LogP contribution in [0.15, 0.2) is 29.3 Å². The zero-order valence-electron chi connectivity index (χ0n) is 14.7. The van der Waals surface area contributed by atoms with E-state index in [2.05, 4.69) is 9.89 Å². The third kappa shape index (κ3) is 3.30. The smallest absolute Gasteiger partial charge is 0.293 e. The predicted octanol–water partition coefficient (Wildman–Crippen LogP) is 2.56. The summed E-state index contributed by atoms with van der Waals surface area (Å²) in [6.07, 6.45) is 6.07. The van der Waals surface area contributed by atoms with Gasteiger partial charge in [-0.2, -0.15) is 4.99 Å². The Balaban J connectivity index is 1.46. The highest BCUT2D eigenvalue weighted by atomic mass is 16.5. The van der Waals surface area contributed by atoms with Gasteiger partial charge in [0.1, 0.15) is 18.9 Å². The molecule has 0 aromatic heterocycles. The molecule has 0 spiro atoms. The maximum Gasteiger partial charge on any atom is 0.293 e. The Labute approximate surface area is 148 Å². The molecule has 2 aliphatic heterocycles. The molecule has 1 amide bonds. The van der Waals surface area contributed by atoms with Gasteiger partial charge in [-0.1, -0.05) is 19.3 Å². The highest BCUT2D eigenvalue weighted by Gasteiger charge is 2.42. The number of benzene rings is 1. The van der Waals surface area contributed by atoms with E-state index in [1.807, 2.05) is 29.2 Å². The van der Waals surface area contributed by atoms with Gasteiger partial charge in [0.25, 0.3) is 6.02 Å². The van der Waals surface area contributed by atoms with Crippen LogP contribution in [0.2, 0.25) is 0 Å². The second-order valence-electron chi connectivity index (χ2n) is 7.02. The fourth-order valence-electron chi connectivity index (χ4n) is 4.02. The van der Waals surface area contributed by atoms with Gasteiger partial charge in [0.2, 0.25) is 5.91 Å². The Morgan fingerprint density at radius 1 is 1.08 bits per heavy atom. The minimum absolute atomic E-state index is 0.205. The average molecular weight is 343 g/mol. The second kappa shape index (κ2) is 6.94. The first-order valence-electron chi connectivity index (χ1n) is 9.16. The van der Waals surface area contributed by atoms with E-state index < -0.39 is 0 Å². The van der Waals surface area contributed by atoms with Gasteiger partial charge in [-0.05, 0) is 37.1 Å². The summed E-state index contributed by atoms with van der Waals surface area (Å²) in [5.41, 5.74) is 0.804. The summed E-state index contributed by atoms with van der Waals surface area (Å²) in [5.74, 6) is 1.00. The molecule has 25 heavy (non-hydrogen) atoms. The fourth-order valence-corrected chi connectivity index (χ4v) is 4.02. The van der Waals surface area contributed by atoms with Crippen LogP contribution in [0.3, 0.4) is 0 Å².